The third kappa shape index (κ3) is 7.42. The Kier molecular flexibility index (Phi) is 6.85. The zero-order valence-electron chi connectivity index (χ0n) is 14.8. The second-order valence-electron chi connectivity index (χ2n) is 5.61. The van der Waals surface area contributed by atoms with Crippen molar-refractivity contribution < 1.29 is 27.3 Å². The first-order valence-corrected chi connectivity index (χ1v) is 9.41. The minimum absolute atomic E-state index is 0.190. The topological polar surface area (TPSA) is 128 Å². The maximum Gasteiger partial charge on any atom is 0.321 e. The number of nitrogens with zero attached hydrogens (tertiary/aromatic N) is 1. The van der Waals surface area contributed by atoms with E-state index in [4.69, 9.17) is 9.26 Å². The number of esters is 1. The highest BCUT2D eigenvalue weighted by molar-refractivity contribution is 7.92. The molecule has 0 aliphatic heterocycles. The van der Waals surface area contributed by atoms with Crippen LogP contribution in [0.4, 0.5) is 5.82 Å². The minimum Gasteiger partial charge on any atom is -0.455 e. The van der Waals surface area contributed by atoms with Gasteiger partial charge in [0, 0.05) is 11.5 Å². The number of hydrogen-bond donors (Lipinski definition) is 2. The van der Waals surface area contributed by atoms with E-state index in [2.05, 4.69) is 15.2 Å². The van der Waals surface area contributed by atoms with Crippen molar-refractivity contribution in [3.63, 3.8) is 0 Å². The molecule has 0 aliphatic rings. The Balaban J connectivity index is 1.74. The maximum absolute atomic E-state index is 11.9. The van der Waals surface area contributed by atoms with Crippen molar-refractivity contribution in [2.45, 2.75) is 13.8 Å². The molecule has 144 valence electrons. The van der Waals surface area contributed by atoms with Crippen molar-refractivity contribution in [3.8, 4) is 0 Å². The number of aryl methyl sites for hydroxylation is 2. The SMILES string of the molecule is Cc1ccc(/C=C/S(=O)(=O)NCC(=O)OCC(=O)Nc2cc(C)on2)cc1. The van der Waals surface area contributed by atoms with E-state index in [0.29, 0.717) is 11.3 Å². The molecule has 1 heterocycles. The molecule has 0 fully saturated rings. The van der Waals surface area contributed by atoms with Gasteiger partial charge in [0.2, 0.25) is 10.0 Å². The second kappa shape index (κ2) is 9.10. The molecule has 0 unspecified atom stereocenters. The number of benzene rings is 1. The van der Waals surface area contributed by atoms with Gasteiger partial charge < -0.3 is 14.6 Å². The molecule has 0 atom stereocenters. The van der Waals surface area contributed by atoms with E-state index in [-0.39, 0.29) is 5.82 Å². The molecule has 2 rings (SSSR count). The third-order valence-electron chi connectivity index (χ3n) is 3.19. The van der Waals surface area contributed by atoms with Crippen LogP contribution in [0.15, 0.2) is 40.3 Å². The van der Waals surface area contributed by atoms with Crippen molar-refractivity contribution in [1.29, 1.82) is 0 Å². The van der Waals surface area contributed by atoms with Gasteiger partial charge in [0.15, 0.2) is 12.4 Å². The van der Waals surface area contributed by atoms with Gasteiger partial charge in [-0.05, 0) is 25.5 Å². The van der Waals surface area contributed by atoms with Crippen LogP contribution in [0.2, 0.25) is 0 Å². The molecule has 0 bridgehead atoms. The summed E-state index contributed by atoms with van der Waals surface area (Å²) in [6.07, 6.45) is 1.40. The Labute approximate surface area is 156 Å². The third-order valence-corrected chi connectivity index (χ3v) is 4.24. The molecular formula is C17H19N3O6S. The van der Waals surface area contributed by atoms with Gasteiger partial charge in [-0.3, -0.25) is 9.59 Å². The Hall–Kier alpha value is -2.98. The molecule has 1 amide bonds. The van der Waals surface area contributed by atoms with Gasteiger partial charge in [-0.15, -0.1) is 0 Å². The second-order valence-corrected chi connectivity index (χ2v) is 7.26. The van der Waals surface area contributed by atoms with Crippen LogP contribution in [-0.2, 0) is 24.3 Å². The summed E-state index contributed by atoms with van der Waals surface area (Å²) in [5.74, 6) is -0.821. The smallest absolute Gasteiger partial charge is 0.321 e. The lowest BCUT2D eigenvalue weighted by Crippen LogP contribution is -2.31. The molecule has 0 saturated heterocycles. The molecular weight excluding hydrogens is 374 g/mol. The summed E-state index contributed by atoms with van der Waals surface area (Å²) in [5, 5.41) is 6.87. The lowest BCUT2D eigenvalue weighted by atomic mass is 10.2. The zero-order chi connectivity index (χ0) is 19.9. The monoisotopic (exact) mass is 393 g/mol. The highest BCUT2D eigenvalue weighted by Gasteiger charge is 2.12. The highest BCUT2D eigenvalue weighted by atomic mass is 32.2. The molecule has 10 heteroatoms. The molecule has 9 nitrogen and oxygen atoms in total. The predicted octanol–water partition coefficient (Wildman–Crippen LogP) is 1.36. The summed E-state index contributed by atoms with van der Waals surface area (Å²) in [4.78, 5) is 23.2. The van der Waals surface area contributed by atoms with Gasteiger partial charge in [-0.25, -0.2) is 13.1 Å². The van der Waals surface area contributed by atoms with Gasteiger partial charge in [0.05, 0.1) is 0 Å². The van der Waals surface area contributed by atoms with Crippen LogP contribution >= 0.6 is 0 Å². The van der Waals surface area contributed by atoms with Gasteiger partial charge in [0.1, 0.15) is 12.3 Å². The number of anilines is 1. The first kappa shape index (κ1) is 20.3. The van der Waals surface area contributed by atoms with Gasteiger partial charge in [-0.2, -0.15) is 0 Å². The number of amides is 1. The Morgan fingerprint density at radius 3 is 2.56 bits per heavy atom. The van der Waals surface area contributed by atoms with Gasteiger partial charge in [0.25, 0.3) is 5.91 Å². The molecule has 0 aliphatic carbocycles. The van der Waals surface area contributed by atoms with Crippen LogP contribution in [0.3, 0.4) is 0 Å². The molecule has 2 aromatic rings. The molecule has 1 aromatic heterocycles. The zero-order valence-corrected chi connectivity index (χ0v) is 15.6. The van der Waals surface area contributed by atoms with Crippen LogP contribution in [0.5, 0.6) is 0 Å². The molecule has 2 N–H and O–H groups in total. The summed E-state index contributed by atoms with van der Waals surface area (Å²) in [6.45, 7) is 2.40. The Morgan fingerprint density at radius 2 is 1.93 bits per heavy atom. The van der Waals surface area contributed by atoms with Gasteiger partial charge in [-0.1, -0.05) is 35.0 Å². The largest absolute Gasteiger partial charge is 0.455 e. The standard InChI is InChI=1S/C17H19N3O6S/c1-12-3-5-14(6-4-12)7-8-27(23,24)18-10-17(22)25-11-16(21)19-15-9-13(2)26-20-15/h3-9,18H,10-11H2,1-2H3,(H,19,20,21)/b8-7+. The number of rotatable bonds is 8. The van der Waals surface area contributed by atoms with Crippen LogP contribution in [-0.4, -0.2) is 38.6 Å². The number of ether oxygens (including phenoxy) is 1. The van der Waals surface area contributed by atoms with E-state index in [1.807, 2.05) is 19.1 Å². The summed E-state index contributed by atoms with van der Waals surface area (Å²) >= 11 is 0. The molecule has 0 radical (unpaired) electrons. The van der Waals surface area contributed by atoms with E-state index < -0.39 is 35.1 Å². The highest BCUT2D eigenvalue weighted by Crippen LogP contribution is 2.07. The Bertz CT molecular complexity index is 932. The number of carbonyl (C=O) groups excluding carboxylic acids is 2. The number of hydrogen-bond acceptors (Lipinski definition) is 7. The fourth-order valence-corrected chi connectivity index (χ4v) is 2.61. The van der Waals surface area contributed by atoms with E-state index in [1.165, 1.54) is 12.1 Å². The number of carbonyl (C=O) groups is 2. The van der Waals surface area contributed by atoms with Gasteiger partial charge >= 0.3 is 5.97 Å². The van der Waals surface area contributed by atoms with Crippen molar-refractivity contribution in [2.24, 2.45) is 0 Å². The van der Waals surface area contributed by atoms with Crippen molar-refractivity contribution in [3.05, 3.63) is 52.6 Å². The molecule has 0 spiro atoms. The first-order chi connectivity index (χ1) is 12.7. The number of sulfonamides is 1. The summed E-state index contributed by atoms with van der Waals surface area (Å²) in [6, 6.07) is 8.73. The lowest BCUT2D eigenvalue weighted by Gasteiger charge is -2.05. The minimum atomic E-state index is -3.82. The maximum atomic E-state index is 11.9. The van der Waals surface area contributed by atoms with Crippen molar-refractivity contribution in [2.75, 3.05) is 18.5 Å². The fraction of sp³-hybridized carbons (Fsp3) is 0.235. The van der Waals surface area contributed by atoms with E-state index in [9.17, 15) is 18.0 Å². The summed E-state index contributed by atoms with van der Waals surface area (Å²) in [5.41, 5.74) is 1.76. The Morgan fingerprint density at radius 1 is 1.22 bits per heavy atom. The average Bonchev–Trinajstić information content (AvgIpc) is 3.02. The quantitative estimate of drug-likeness (QED) is 0.648. The van der Waals surface area contributed by atoms with Crippen molar-refractivity contribution >= 4 is 33.8 Å². The summed E-state index contributed by atoms with van der Waals surface area (Å²) in [7, 11) is -3.82. The van der Waals surface area contributed by atoms with E-state index in [0.717, 1.165) is 11.0 Å². The predicted molar refractivity (Wildman–Crippen MR) is 98.0 cm³/mol. The normalized spacial score (nSPS) is 11.5. The number of aromatic nitrogens is 1. The fourth-order valence-electron chi connectivity index (χ4n) is 1.85. The van der Waals surface area contributed by atoms with Crippen molar-refractivity contribution in [1.82, 2.24) is 9.88 Å². The molecule has 1 aromatic carbocycles. The average molecular weight is 393 g/mol. The van der Waals surface area contributed by atoms with E-state index in [1.54, 1.807) is 19.1 Å². The van der Waals surface area contributed by atoms with E-state index >= 15 is 0 Å². The first-order valence-electron chi connectivity index (χ1n) is 7.87. The lowest BCUT2D eigenvalue weighted by molar-refractivity contribution is -0.146. The van der Waals surface area contributed by atoms with Crippen LogP contribution < -0.4 is 10.0 Å². The van der Waals surface area contributed by atoms with Crippen LogP contribution in [0, 0.1) is 13.8 Å². The summed E-state index contributed by atoms with van der Waals surface area (Å²) < 4.78 is 35.2. The number of nitrogens with one attached hydrogen (secondary N) is 2. The van der Waals surface area contributed by atoms with Crippen LogP contribution in [0.25, 0.3) is 6.08 Å². The molecule has 27 heavy (non-hydrogen) atoms. The molecule has 0 saturated carbocycles. The van der Waals surface area contributed by atoms with Crippen LogP contribution in [0.1, 0.15) is 16.9 Å².